The number of benzene rings is 1. The molecule has 0 amide bonds. The van der Waals surface area contributed by atoms with Crippen molar-refractivity contribution < 1.29 is 18.3 Å². The van der Waals surface area contributed by atoms with Crippen LogP contribution in [0.15, 0.2) is 29.2 Å². The maximum Gasteiger partial charge on any atom is 0.243 e. The van der Waals surface area contributed by atoms with Crippen molar-refractivity contribution in [3.05, 3.63) is 24.3 Å². The largest absolute Gasteiger partial charge is 0.497 e. The molecule has 1 aliphatic heterocycles. The molecule has 0 radical (unpaired) electrons. The molecule has 0 aromatic heterocycles. The Bertz CT molecular complexity index is 544. The van der Waals surface area contributed by atoms with Crippen molar-refractivity contribution in [3.8, 4) is 5.75 Å². The van der Waals surface area contributed by atoms with Crippen LogP contribution in [0, 0.1) is 0 Å². The van der Waals surface area contributed by atoms with Gasteiger partial charge in [0.15, 0.2) is 0 Å². The van der Waals surface area contributed by atoms with E-state index in [0.717, 1.165) is 0 Å². The fourth-order valence-electron chi connectivity index (χ4n) is 2.12. The first-order valence-electron chi connectivity index (χ1n) is 6.22. The molecule has 0 atom stereocenters. The van der Waals surface area contributed by atoms with Crippen molar-refractivity contribution in [2.24, 2.45) is 0 Å². The van der Waals surface area contributed by atoms with E-state index >= 15 is 0 Å². The van der Waals surface area contributed by atoms with Gasteiger partial charge >= 0.3 is 0 Å². The van der Waals surface area contributed by atoms with Crippen LogP contribution in [0.2, 0.25) is 0 Å². The number of aliphatic hydroxyl groups is 1. The highest BCUT2D eigenvalue weighted by atomic mass is 32.2. The number of hydrogen-bond acceptors (Lipinski definition) is 4. The zero-order chi connectivity index (χ0) is 14.1. The molecule has 6 heteroatoms. The molecule has 0 spiro atoms. The van der Waals surface area contributed by atoms with Crippen LogP contribution in [0.25, 0.3) is 0 Å². The Kier molecular flexibility index (Phi) is 3.85. The van der Waals surface area contributed by atoms with E-state index in [1.165, 1.54) is 17.5 Å². The highest BCUT2D eigenvalue weighted by molar-refractivity contribution is 7.89. The molecule has 1 aromatic rings. The number of nitrogens with zero attached hydrogens (tertiary/aromatic N) is 1. The molecule has 1 saturated heterocycles. The molecule has 2 rings (SSSR count). The summed E-state index contributed by atoms with van der Waals surface area (Å²) in [7, 11) is -2.00. The first-order chi connectivity index (χ1) is 8.85. The monoisotopic (exact) mass is 285 g/mol. The van der Waals surface area contributed by atoms with Crippen LogP contribution in [0.3, 0.4) is 0 Å². The zero-order valence-corrected chi connectivity index (χ0v) is 12.0. The van der Waals surface area contributed by atoms with E-state index in [4.69, 9.17) is 4.74 Å². The molecule has 0 aliphatic carbocycles. The molecule has 0 unspecified atom stereocenters. The lowest BCUT2D eigenvalue weighted by atomic mass is 9.95. The number of piperidine rings is 1. The number of methoxy groups -OCH3 is 1. The van der Waals surface area contributed by atoms with Gasteiger partial charge in [0, 0.05) is 19.2 Å². The number of ether oxygens (including phenoxy) is 1. The first-order valence-corrected chi connectivity index (χ1v) is 7.66. The van der Waals surface area contributed by atoms with Gasteiger partial charge in [-0.1, -0.05) is 6.07 Å². The van der Waals surface area contributed by atoms with Crippen LogP contribution in [-0.4, -0.2) is 43.6 Å². The Morgan fingerprint density at radius 1 is 1.32 bits per heavy atom. The van der Waals surface area contributed by atoms with Crippen molar-refractivity contribution in [1.29, 1.82) is 0 Å². The molecular formula is C13H19NO4S. The van der Waals surface area contributed by atoms with E-state index < -0.39 is 15.6 Å². The molecule has 0 bridgehead atoms. The van der Waals surface area contributed by atoms with E-state index in [1.807, 2.05) is 0 Å². The van der Waals surface area contributed by atoms with Crippen molar-refractivity contribution in [2.45, 2.75) is 30.3 Å². The van der Waals surface area contributed by atoms with Crippen molar-refractivity contribution in [1.82, 2.24) is 4.31 Å². The topological polar surface area (TPSA) is 66.8 Å². The van der Waals surface area contributed by atoms with Gasteiger partial charge in [0.05, 0.1) is 17.6 Å². The van der Waals surface area contributed by atoms with Gasteiger partial charge in [-0.05, 0) is 31.9 Å². The average Bonchev–Trinajstić information content (AvgIpc) is 2.38. The van der Waals surface area contributed by atoms with E-state index in [1.54, 1.807) is 25.1 Å². The fourth-order valence-corrected chi connectivity index (χ4v) is 3.60. The molecule has 1 aromatic carbocycles. The fraction of sp³-hybridized carbons (Fsp3) is 0.538. The maximum absolute atomic E-state index is 12.5. The summed E-state index contributed by atoms with van der Waals surface area (Å²) >= 11 is 0. The smallest absolute Gasteiger partial charge is 0.243 e. The summed E-state index contributed by atoms with van der Waals surface area (Å²) in [5.41, 5.74) is -0.763. The second kappa shape index (κ2) is 5.11. The minimum absolute atomic E-state index is 0.230. The van der Waals surface area contributed by atoms with Gasteiger partial charge in [0.1, 0.15) is 5.75 Å². The Hall–Kier alpha value is -1.11. The first kappa shape index (κ1) is 14.3. The molecule has 0 saturated carbocycles. The number of sulfonamides is 1. The minimum atomic E-state index is -3.50. The van der Waals surface area contributed by atoms with E-state index in [2.05, 4.69) is 0 Å². The highest BCUT2D eigenvalue weighted by Gasteiger charge is 2.34. The molecule has 1 fully saturated rings. The molecular weight excluding hydrogens is 266 g/mol. The third-order valence-electron chi connectivity index (χ3n) is 3.48. The molecule has 1 aliphatic rings. The van der Waals surface area contributed by atoms with Crippen molar-refractivity contribution >= 4 is 10.0 Å². The molecule has 1 heterocycles. The summed E-state index contributed by atoms with van der Waals surface area (Å²) in [5.74, 6) is 0.519. The van der Waals surface area contributed by atoms with Gasteiger partial charge in [-0.15, -0.1) is 0 Å². The Morgan fingerprint density at radius 2 is 1.95 bits per heavy atom. The van der Waals surface area contributed by atoms with Crippen molar-refractivity contribution in [3.63, 3.8) is 0 Å². The SMILES string of the molecule is COc1cccc(S(=O)(=O)N2CCC(C)(O)CC2)c1. The molecule has 106 valence electrons. The number of rotatable bonds is 3. The zero-order valence-electron chi connectivity index (χ0n) is 11.2. The summed E-state index contributed by atoms with van der Waals surface area (Å²) in [5, 5.41) is 9.87. The lowest BCUT2D eigenvalue weighted by Crippen LogP contribution is -2.45. The van der Waals surface area contributed by atoms with Crippen LogP contribution in [0.1, 0.15) is 19.8 Å². The van der Waals surface area contributed by atoms with Crippen LogP contribution >= 0.6 is 0 Å². The third-order valence-corrected chi connectivity index (χ3v) is 5.37. The van der Waals surface area contributed by atoms with Crippen LogP contribution in [-0.2, 0) is 10.0 Å². The predicted molar refractivity (Wildman–Crippen MR) is 71.6 cm³/mol. The molecule has 1 N–H and O–H groups in total. The summed E-state index contributed by atoms with van der Waals surface area (Å²) in [6.07, 6.45) is 0.909. The standard InChI is InChI=1S/C13H19NO4S/c1-13(15)6-8-14(9-7-13)19(16,17)12-5-3-4-11(10-12)18-2/h3-5,10,15H,6-9H2,1-2H3. The second-order valence-corrected chi connectivity index (χ2v) is 7.02. The van der Waals surface area contributed by atoms with Crippen LogP contribution in [0.4, 0.5) is 0 Å². The third kappa shape index (κ3) is 3.08. The predicted octanol–water partition coefficient (Wildman–Crippen LogP) is 1.23. The summed E-state index contributed by atoms with van der Waals surface area (Å²) in [4.78, 5) is 0.230. The quantitative estimate of drug-likeness (QED) is 0.907. The Labute approximate surface area is 113 Å². The average molecular weight is 285 g/mol. The number of hydrogen-bond donors (Lipinski definition) is 1. The van der Waals surface area contributed by atoms with Crippen LogP contribution < -0.4 is 4.74 Å². The summed E-state index contributed by atoms with van der Waals surface area (Å²) in [6.45, 7) is 2.42. The molecule has 5 nitrogen and oxygen atoms in total. The lowest BCUT2D eigenvalue weighted by molar-refractivity contribution is 0.0126. The van der Waals surface area contributed by atoms with E-state index in [-0.39, 0.29) is 4.90 Å². The van der Waals surface area contributed by atoms with E-state index in [9.17, 15) is 13.5 Å². The minimum Gasteiger partial charge on any atom is -0.497 e. The van der Waals surface area contributed by atoms with Crippen molar-refractivity contribution in [2.75, 3.05) is 20.2 Å². The van der Waals surface area contributed by atoms with Gasteiger partial charge in [-0.2, -0.15) is 4.31 Å². The van der Waals surface area contributed by atoms with E-state index in [0.29, 0.717) is 31.7 Å². The second-order valence-electron chi connectivity index (χ2n) is 5.08. The Balaban J connectivity index is 2.23. The summed E-state index contributed by atoms with van der Waals surface area (Å²) < 4.78 is 31.4. The van der Waals surface area contributed by atoms with Gasteiger partial charge < -0.3 is 9.84 Å². The van der Waals surface area contributed by atoms with Gasteiger partial charge in [0.25, 0.3) is 0 Å². The van der Waals surface area contributed by atoms with Gasteiger partial charge in [-0.3, -0.25) is 0 Å². The van der Waals surface area contributed by atoms with Gasteiger partial charge in [0.2, 0.25) is 10.0 Å². The van der Waals surface area contributed by atoms with Crippen LogP contribution in [0.5, 0.6) is 5.75 Å². The molecule has 19 heavy (non-hydrogen) atoms. The summed E-state index contributed by atoms with van der Waals surface area (Å²) in [6, 6.07) is 6.44. The highest BCUT2D eigenvalue weighted by Crippen LogP contribution is 2.27. The van der Waals surface area contributed by atoms with Gasteiger partial charge in [-0.25, -0.2) is 8.42 Å². The normalized spacial score (nSPS) is 20.2. The lowest BCUT2D eigenvalue weighted by Gasteiger charge is -2.34. The Morgan fingerprint density at radius 3 is 2.53 bits per heavy atom. The maximum atomic E-state index is 12.5.